The van der Waals surface area contributed by atoms with Gasteiger partial charge in [-0.2, -0.15) is 0 Å². The first-order valence-electron chi connectivity index (χ1n) is 12.8. The van der Waals surface area contributed by atoms with Crippen molar-refractivity contribution < 1.29 is 54.0 Å². The number of esters is 1. The van der Waals surface area contributed by atoms with E-state index in [0.717, 1.165) is 12.8 Å². The topological polar surface area (TPSA) is 164 Å². The minimum atomic E-state index is -1.69. The van der Waals surface area contributed by atoms with Crippen molar-refractivity contribution in [1.82, 2.24) is 0 Å². The van der Waals surface area contributed by atoms with Crippen molar-refractivity contribution in [1.29, 1.82) is 0 Å². The molecule has 12 atom stereocenters. The van der Waals surface area contributed by atoms with E-state index in [9.17, 15) is 30.3 Å². The van der Waals surface area contributed by atoms with Crippen LogP contribution in [0.2, 0.25) is 0 Å². The van der Waals surface area contributed by atoms with Gasteiger partial charge < -0.3 is 49.2 Å². The summed E-state index contributed by atoms with van der Waals surface area (Å²) in [6.45, 7) is 13.0. The summed E-state index contributed by atoms with van der Waals surface area (Å²) >= 11 is 0. The van der Waals surface area contributed by atoms with Crippen LogP contribution in [0, 0.1) is 11.8 Å². The van der Waals surface area contributed by atoms with Crippen molar-refractivity contribution in [2.24, 2.45) is 11.8 Å². The minimum absolute atomic E-state index is 0.0364. The average molecular weight is 521 g/mol. The summed E-state index contributed by atoms with van der Waals surface area (Å²) in [5.41, 5.74) is 0. The van der Waals surface area contributed by atoms with Gasteiger partial charge in [0.2, 0.25) is 6.29 Å². The lowest BCUT2D eigenvalue weighted by atomic mass is 9.93. The molecule has 5 N–H and O–H groups in total. The number of hydrogen-bond acceptors (Lipinski definition) is 11. The van der Waals surface area contributed by atoms with Gasteiger partial charge >= 0.3 is 5.97 Å². The zero-order chi connectivity index (χ0) is 27.2. The zero-order valence-electron chi connectivity index (χ0n) is 21.9. The summed E-state index contributed by atoms with van der Waals surface area (Å²) in [5.74, 6) is 0.210. The van der Waals surface area contributed by atoms with Crippen LogP contribution < -0.4 is 0 Å². The number of aliphatic hydroxyl groups excluding tert-OH is 5. The third kappa shape index (κ3) is 7.38. The third-order valence-corrected chi connectivity index (χ3v) is 6.98. The van der Waals surface area contributed by atoms with Gasteiger partial charge in [-0.1, -0.05) is 47.6 Å². The monoisotopic (exact) mass is 520 g/mol. The predicted molar refractivity (Wildman–Crippen MR) is 127 cm³/mol. The normalized spacial score (nSPS) is 38.7. The van der Waals surface area contributed by atoms with Gasteiger partial charge in [-0.15, -0.1) is 0 Å². The van der Waals surface area contributed by atoms with Gasteiger partial charge in [0.15, 0.2) is 18.5 Å². The Hall–Kier alpha value is -1.31. The van der Waals surface area contributed by atoms with Crippen molar-refractivity contribution in [3.05, 3.63) is 12.3 Å². The van der Waals surface area contributed by atoms with Crippen molar-refractivity contribution in [3.63, 3.8) is 0 Å². The van der Waals surface area contributed by atoms with Crippen molar-refractivity contribution in [2.45, 2.75) is 122 Å². The van der Waals surface area contributed by atoms with Gasteiger partial charge in [0.1, 0.15) is 30.5 Å². The molecule has 0 aromatic rings. The highest BCUT2D eigenvalue weighted by atomic mass is 16.8. The molecule has 2 saturated heterocycles. The molecule has 2 heterocycles. The van der Waals surface area contributed by atoms with Gasteiger partial charge in [0.05, 0.1) is 18.5 Å². The highest BCUT2D eigenvalue weighted by Gasteiger charge is 2.52. The maximum atomic E-state index is 12.3. The fraction of sp³-hybridized carbons (Fsp3) is 0.880. The van der Waals surface area contributed by atoms with Crippen LogP contribution >= 0.6 is 0 Å². The van der Waals surface area contributed by atoms with E-state index in [4.69, 9.17) is 23.7 Å². The van der Waals surface area contributed by atoms with Crippen LogP contribution in [0.15, 0.2) is 12.3 Å². The summed E-state index contributed by atoms with van der Waals surface area (Å²) in [6, 6.07) is 0. The molecule has 210 valence electrons. The molecule has 12 unspecified atom stereocenters. The predicted octanol–water partition coefficient (Wildman–Crippen LogP) is 0.592. The van der Waals surface area contributed by atoms with Crippen LogP contribution in [0.4, 0.5) is 0 Å². The maximum Gasteiger partial charge on any atom is 0.306 e. The van der Waals surface area contributed by atoms with E-state index in [1.165, 1.54) is 0 Å². The Bertz CT molecular complexity index is 701. The molecule has 11 heteroatoms. The SMILES string of the molecule is C=C(OC1C(O)C(CC)OC(OC2OC(CO)C(O)C(O)C2O)C1OC(=O)CC)C(C)CC(C)CC. The van der Waals surface area contributed by atoms with Crippen LogP contribution in [-0.2, 0) is 28.5 Å². The molecule has 2 aliphatic heterocycles. The molecule has 0 aliphatic carbocycles. The number of allylic oxidation sites excluding steroid dienone is 1. The van der Waals surface area contributed by atoms with Crippen molar-refractivity contribution in [3.8, 4) is 0 Å². The molecule has 2 aliphatic rings. The highest BCUT2D eigenvalue weighted by molar-refractivity contribution is 5.69. The fourth-order valence-corrected chi connectivity index (χ4v) is 4.34. The van der Waals surface area contributed by atoms with Crippen LogP contribution in [0.1, 0.15) is 60.3 Å². The second kappa shape index (κ2) is 14.0. The molecule has 0 aromatic heterocycles. The van der Waals surface area contributed by atoms with E-state index in [0.29, 0.717) is 18.1 Å². The van der Waals surface area contributed by atoms with E-state index in [-0.39, 0.29) is 12.3 Å². The molecule has 11 nitrogen and oxygen atoms in total. The molecule has 0 amide bonds. The molecular formula is C25H44O11. The van der Waals surface area contributed by atoms with Gasteiger partial charge in [-0.05, 0) is 18.8 Å². The number of rotatable bonds is 12. The number of carbonyl (C=O) groups excluding carboxylic acids is 1. The van der Waals surface area contributed by atoms with Crippen LogP contribution in [0.5, 0.6) is 0 Å². The molecule has 36 heavy (non-hydrogen) atoms. The molecule has 0 saturated carbocycles. The summed E-state index contributed by atoms with van der Waals surface area (Å²) < 4.78 is 28.8. The summed E-state index contributed by atoms with van der Waals surface area (Å²) in [4.78, 5) is 12.3. The standard InChI is InChI=1S/C25H44O11/c1-7-12(4)10-13(5)14(6)32-22-19(29)15(8-2)33-25(23(22)35-17(27)9-3)36-24-21(31)20(30)18(28)16(11-26)34-24/h12-13,15-16,18-26,28-31H,6-11H2,1-5H3. The van der Waals surface area contributed by atoms with E-state index in [2.05, 4.69) is 20.4 Å². The quantitative estimate of drug-likeness (QED) is 0.181. The fourth-order valence-electron chi connectivity index (χ4n) is 4.34. The largest absolute Gasteiger partial charge is 0.488 e. The van der Waals surface area contributed by atoms with Gasteiger partial charge in [0, 0.05) is 12.3 Å². The molecule has 0 spiro atoms. The Morgan fingerprint density at radius 3 is 2.08 bits per heavy atom. The first kappa shape index (κ1) is 30.9. The van der Waals surface area contributed by atoms with Crippen LogP contribution in [-0.4, -0.2) is 99.5 Å². The van der Waals surface area contributed by atoms with E-state index >= 15 is 0 Å². The second-order valence-corrected chi connectivity index (χ2v) is 9.78. The molecule has 2 rings (SSSR count). The van der Waals surface area contributed by atoms with Crippen molar-refractivity contribution in [2.75, 3.05) is 6.61 Å². The van der Waals surface area contributed by atoms with Gasteiger partial charge in [0.25, 0.3) is 0 Å². The number of aliphatic hydroxyl groups is 5. The summed E-state index contributed by atoms with van der Waals surface area (Å²) in [5, 5.41) is 51.2. The van der Waals surface area contributed by atoms with E-state index in [1.807, 2.05) is 6.92 Å². The maximum absolute atomic E-state index is 12.3. The van der Waals surface area contributed by atoms with E-state index < -0.39 is 74.0 Å². The Morgan fingerprint density at radius 2 is 1.53 bits per heavy atom. The number of carbonyl (C=O) groups is 1. The third-order valence-electron chi connectivity index (χ3n) is 6.98. The lowest BCUT2D eigenvalue weighted by molar-refractivity contribution is -0.376. The summed E-state index contributed by atoms with van der Waals surface area (Å²) in [6.07, 6.45) is -11.1. The first-order valence-corrected chi connectivity index (χ1v) is 12.8. The zero-order valence-corrected chi connectivity index (χ0v) is 21.9. The Kier molecular flexibility index (Phi) is 12.0. The number of hydrogen-bond donors (Lipinski definition) is 5. The van der Waals surface area contributed by atoms with Gasteiger partial charge in [-0.25, -0.2) is 0 Å². The van der Waals surface area contributed by atoms with E-state index in [1.54, 1.807) is 13.8 Å². The lowest BCUT2D eigenvalue weighted by Crippen LogP contribution is -2.64. The van der Waals surface area contributed by atoms with Crippen molar-refractivity contribution >= 4 is 5.97 Å². The number of ether oxygens (including phenoxy) is 5. The van der Waals surface area contributed by atoms with Crippen LogP contribution in [0.3, 0.4) is 0 Å². The Morgan fingerprint density at radius 1 is 0.889 bits per heavy atom. The second-order valence-electron chi connectivity index (χ2n) is 9.78. The summed E-state index contributed by atoms with van der Waals surface area (Å²) in [7, 11) is 0. The molecular weight excluding hydrogens is 476 g/mol. The lowest BCUT2D eigenvalue weighted by Gasteiger charge is -2.46. The molecule has 0 radical (unpaired) electrons. The molecule has 0 aromatic carbocycles. The average Bonchev–Trinajstić information content (AvgIpc) is 2.86. The molecule has 0 bridgehead atoms. The highest BCUT2D eigenvalue weighted by Crippen LogP contribution is 2.34. The smallest absolute Gasteiger partial charge is 0.306 e. The molecule has 2 fully saturated rings. The minimum Gasteiger partial charge on any atom is -0.488 e. The Labute approximate surface area is 212 Å². The first-order chi connectivity index (χ1) is 17.0. The van der Waals surface area contributed by atoms with Crippen LogP contribution in [0.25, 0.3) is 0 Å². The Balaban J connectivity index is 2.32. The van der Waals surface area contributed by atoms with Gasteiger partial charge in [-0.3, -0.25) is 4.79 Å².